The van der Waals surface area contributed by atoms with Crippen LogP contribution in [0.2, 0.25) is 0 Å². The molecule has 0 spiro atoms. The van der Waals surface area contributed by atoms with E-state index in [-0.39, 0.29) is 5.82 Å². The van der Waals surface area contributed by atoms with Gasteiger partial charge in [0, 0.05) is 30.2 Å². The molecule has 17 heavy (non-hydrogen) atoms. The van der Waals surface area contributed by atoms with Gasteiger partial charge in [0.15, 0.2) is 0 Å². The lowest BCUT2D eigenvalue weighted by Crippen LogP contribution is -2.02. The minimum absolute atomic E-state index is 0.324. The molecule has 1 heterocycles. The molecule has 0 radical (unpaired) electrons. The monoisotopic (exact) mass is 229 g/mol. The van der Waals surface area contributed by atoms with Crippen molar-refractivity contribution in [3.8, 4) is 6.07 Å². The lowest BCUT2D eigenvalue weighted by molar-refractivity contribution is 0.618. The summed E-state index contributed by atoms with van der Waals surface area (Å²) in [4.78, 5) is 2.95. The van der Waals surface area contributed by atoms with Gasteiger partial charge in [0.2, 0.25) is 0 Å². The van der Waals surface area contributed by atoms with Crippen LogP contribution in [0.15, 0.2) is 30.6 Å². The first-order valence-corrected chi connectivity index (χ1v) is 5.26. The van der Waals surface area contributed by atoms with Crippen molar-refractivity contribution < 1.29 is 4.39 Å². The third-order valence-corrected chi connectivity index (χ3v) is 2.62. The van der Waals surface area contributed by atoms with Crippen LogP contribution in [0.5, 0.6) is 0 Å². The largest absolute Gasteiger partial charge is 0.381 e. The molecule has 0 fully saturated rings. The molecular weight excluding hydrogens is 217 g/mol. The smallest absolute Gasteiger partial charge is 0.129 e. The summed E-state index contributed by atoms with van der Waals surface area (Å²) in [7, 11) is 0. The number of H-pyrrole nitrogens is 1. The molecule has 0 aliphatic rings. The SMILES string of the molecule is Cc1c(F)cc(C#N)cc1NCc1cc[nH]c1. The van der Waals surface area contributed by atoms with Gasteiger partial charge in [0.25, 0.3) is 0 Å². The highest BCUT2D eigenvalue weighted by atomic mass is 19.1. The molecule has 0 bridgehead atoms. The van der Waals surface area contributed by atoms with E-state index in [0.29, 0.717) is 23.4 Å². The van der Waals surface area contributed by atoms with Crippen molar-refractivity contribution in [2.75, 3.05) is 5.32 Å². The molecular formula is C13H12FN3. The summed E-state index contributed by atoms with van der Waals surface area (Å²) in [6.45, 7) is 2.29. The van der Waals surface area contributed by atoms with Crippen LogP contribution in [0.1, 0.15) is 16.7 Å². The zero-order chi connectivity index (χ0) is 12.3. The van der Waals surface area contributed by atoms with Crippen molar-refractivity contribution in [2.24, 2.45) is 0 Å². The van der Waals surface area contributed by atoms with Crippen molar-refractivity contribution >= 4 is 5.69 Å². The number of aromatic amines is 1. The summed E-state index contributed by atoms with van der Waals surface area (Å²) in [6, 6.07) is 6.78. The lowest BCUT2D eigenvalue weighted by atomic mass is 10.1. The second-order valence-corrected chi connectivity index (χ2v) is 3.82. The Morgan fingerprint density at radius 1 is 1.47 bits per heavy atom. The molecule has 0 atom stereocenters. The highest BCUT2D eigenvalue weighted by molar-refractivity contribution is 5.56. The molecule has 86 valence electrons. The first kappa shape index (κ1) is 11.2. The summed E-state index contributed by atoms with van der Waals surface area (Å²) >= 11 is 0. The number of hydrogen-bond donors (Lipinski definition) is 2. The lowest BCUT2D eigenvalue weighted by Gasteiger charge is -2.09. The number of rotatable bonds is 3. The molecule has 0 saturated heterocycles. The van der Waals surface area contributed by atoms with Crippen molar-refractivity contribution in [1.82, 2.24) is 4.98 Å². The zero-order valence-electron chi connectivity index (χ0n) is 9.42. The predicted molar refractivity (Wildman–Crippen MR) is 64.0 cm³/mol. The molecule has 1 aromatic carbocycles. The molecule has 4 heteroatoms. The van der Waals surface area contributed by atoms with Gasteiger partial charge in [-0.1, -0.05) is 0 Å². The maximum atomic E-state index is 13.5. The van der Waals surface area contributed by atoms with Crippen LogP contribution >= 0.6 is 0 Å². The third kappa shape index (κ3) is 2.45. The molecule has 0 aliphatic heterocycles. The van der Waals surface area contributed by atoms with Crippen LogP contribution in [0.4, 0.5) is 10.1 Å². The molecule has 3 nitrogen and oxygen atoms in total. The fourth-order valence-corrected chi connectivity index (χ4v) is 1.59. The second-order valence-electron chi connectivity index (χ2n) is 3.82. The van der Waals surface area contributed by atoms with Gasteiger partial charge in [0.05, 0.1) is 11.6 Å². The highest BCUT2D eigenvalue weighted by Crippen LogP contribution is 2.21. The predicted octanol–water partition coefficient (Wildman–Crippen LogP) is 2.95. The molecule has 0 amide bonds. The Morgan fingerprint density at radius 3 is 2.94 bits per heavy atom. The van der Waals surface area contributed by atoms with Crippen LogP contribution < -0.4 is 5.32 Å². The summed E-state index contributed by atoms with van der Waals surface area (Å²) in [6.07, 6.45) is 3.70. The normalized spacial score (nSPS) is 9.94. The number of hydrogen-bond acceptors (Lipinski definition) is 2. The van der Waals surface area contributed by atoms with Gasteiger partial charge in [-0.15, -0.1) is 0 Å². The topological polar surface area (TPSA) is 51.6 Å². The number of aromatic nitrogens is 1. The maximum Gasteiger partial charge on any atom is 0.129 e. The Hall–Kier alpha value is -2.28. The Bertz CT molecular complexity index is 553. The fraction of sp³-hybridized carbons (Fsp3) is 0.154. The van der Waals surface area contributed by atoms with E-state index in [1.165, 1.54) is 6.07 Å². The molecule has 2 aromatic rings. The summed E-state index contributed by atoms with van der Waals surface area (Å²) in [5, 5.41) is 11.9. The maximum absolute atomic E-state index is 13.5. The molecule has 0 saturated carbocycles. The van der Waals surface area contributed by atoms with Crippen molar-refractivity contribution in [2.45, 2.75) is 13.5 Å². The van der Waals surface area contributed by atoms with Crippen molar-refractivity contribution in [3.63, 3.8) is 0 Å². The van der Waals surface area contributed by atoms with Crippen LogP contribution in [-0.4, -0.2) is 4.98 Å². The van der Waals surface area contributed by atoms with E-state index in [2.05, 4.69) is 10.3 Å². The van der Waals surface area contributed by atoms with E-state index in [1.807, 2.05) is 24.5 Å². The van der Waals surface area contributed by atoms with E-state index in [9.17, 15) is 4.39 Å². The van der Waals surface area contributed by atoms with Gasteiger partial charge in [-0.3, -0.25) is 0 Å². The standard InChI is InChI=1S/C13H12FN3/c1-9-12(14)4-11(6-15)5-13(9)17-8-10-2-3-16-7-10/h2-5,7,16-17H,8H2,1H3. The molecule has 0 unspecified atom stereocenters. The second kappa shape index (κ2) is 4.71. The first-order valence-electron chi connectivity index (χ1n) is 5.26. The van der Waals surface area contributed by atoms with Gasteiger partial charge in [-0.05, 0) is 30.7 Å². The van der Waals surface area contributed by atoms with Gasteiger partial charge >= 0.3 is 0 Å². The molecule has 0 aliphatic carbocycles. The average Bonchev–Trinajstić information content (AvgIpc) is 2.84. The summed E-state index contributed by atoms with van der Waals surface area (Å²) < 4.78 is 13.5. The fourth-order valence-electron chi connectivity index (χ4n) is 1.59. The number of anilines is 1. The summed E-state index contributed by atoms with van der Waals surface area (Å²) in [5.74, 6) is -0.361. The quantitative estimate of drug-likeness (QED) is 0.850. The molecule has 2 rings (SSSR count). The molecule has 2 N–H and O–H groups in total. The van der Waals surface area contributed by atoms with Crippen LogP contribution in [0.25, 0.3) is 0 Å². The third-order valence-electron chi connectivity index (χ3n) is 2.62. The number of nitriles is 1. The number of nitrogens with zero attached hydrogens (tertiary/aromatic N) is 1. The summed E-state index contributed by atoms with van der Waals surface area (Å²) in [5.41, 5.74) is 2.58. The number of nitrogens with one attached hydrogen (secondary N) is 2. The Morgan fingerprint density at radius 2 is 2.29 bits per heavy atom. The Kier molecular flexibility index (Phi) is 3.10. The van der Waals surface area contributed by atoms with Gasteiger partial charge in [-0.2, -0.15) is 5.26 Å². The van der Waals surface area contributed by atoms with Crippen molar-refractivity contribution in [1.29, 1.82) is 5.26 Å². The minimum atomic E-state index is -0.361. The molecule has 1 aromatic heterocycles. The first-order chi connectivity index (χ1) is 8.20. The van der Waals surface area contributed by atoms with E-state index in [4.69, 9.17) is 5.26 Å². The van der Waals surface area contributed by atoms with Crippen molar-refractivity contribution in [3.05, 3.63) is 53.1 Å². The van der Waals surface area contributed by atoms with E-state index in [0.717, 1.165) is 5.56 Å². The minimum Gasteiger partial charge on any atom is -0.381 e. The number of halogens is 1. The van der Waals surface area contributed by atoms with Gasteiger partial charge < -0.3 is 10.3 Å². The highest BCUT2D eigenvalue weighted by Gasteiger charge is 2.06. The van der Waals surface area contributed by atoms with Crippen LogP contribution in [0, 0.1) is 24.1 Å². The van der Waals surface area contributed by atoms with Crippen LogP contribution in [0.3, 0.4) is 0 Å². The van der Waals surface area contributed by atoms with Gasteiger partial charge in [-0.25, -0.2) is 4.39 Å². The van der Waals surface area contributed by atoms with E-state index in [1.54, 1.807) is 13.0 Å². The number of benzene rings is 1. The zero-order valence-corrected chi connectivity index (χ0v) is 9.42. The Balaban J connectivity index is 2.20. The van der Waals surface area contributed by atoms with E-state index >= 15 is 0 Å². The van der Waals surface area contributed by atoms with Gasteiger partial charge in [0.1, 0.15) is 5.82 Å². The average molecular weight is 229 g/mol. The van der Waals surface area contributed by atoms with Crippen LogP contribution in [-0.2, 0) is 6.54 Å². The van der Waals surface area contributed by atoms with E-state index < -0.39 is 0 Å². The Labute approximate surface area is 98.9 Å².